The van der Waals surface area contributed by atoms with E-state index in [0.717, 1.165) is 0 Å². The molecule has 0 bridgehead atoms. The summed E-state index contributed by atoms with van der Waals surface area (Å²) in [5.41, 5.74) is 0.301. The van der Waals surface area contributed by atoms with Gasteiger partial charge in [-0.05, 0) is 11.6 Å². The van der Waals surface area contributed by atoms with Crippen LogP contribution in [0.1, 0.15) is 18.4 Å². The van der Waals surface area contributed by atoms with Gasteiger partial charge < -0.3 is 9.84 Å². The number of rotatable bonds is 3. The van der Waals surface area contributed by atoms with Crippen LogP contribution in [-0.4, -0.2) is 24.3 Å². The highest BCUT2D eigenvalue weighted by molar-refractivity contribution is 5.75. The zero-order chi connectivity index (χ0) is 11.4. The van der Waals surface area contributed by atoms with Crippen molar-refractivity contribution in [2.24, 2.45) is 0 Å². The van der Waals surface area contributed by atoms with E-state index in [4.69, 9.17) is 0 Å². The minimum atomic E-state index is -1.34. The summed E-state index contributed by atoms with van der Waals surface area (Å²) in [4.78, 5) is 11.0. The monoisotopic (exact) mass is 212 g/mol. The Morgan fingerprint density at radius 1 is 1.47 bits per heavy atom. The number of aliphatic hydroxyl groups excluding tert-OH is 1. The van der Waals surface area contributed by atoms with Crippen LogP contribution in [0.25, 0.3) is 0 Å². The van der Waals surface area contributed by atoms with Crippen molar-refractivity contribution in [3.63, 3.8) is 0 Å². The van der Waals surface area contributed by atoms with Crippen molar-refractivity contribution in [1.29, 1.82) is 0 Å². The molecule has 0 fully saturated rings. The number of aliphatic hydroxyl groups is 1. The molecule has 0 heterocycles. The summed E-state index contributed by atoms with van der Waals surface area (Å²) in [5, 5.41) is 9.52. The smallest absolute Gasteiger partial charge is 0.335 e. The van der Waals surface area contributed by atoms with Gasteiger partial charge in [-0.25, -0.2) is 9.18 Å². The first-order chi connectivity index (χ1) is 7.07. The molecule has 0 saturated carbocycles. The largest absolute Gasteiger partial charge is 0.467 e. The lowest BCUT2D eigenvalue weighted by atomic mass is 9.95. The zero-order valence-electron chi connectivity index (χ0n) is 8.61. The lowest BCUT2D eigenvalue weighted by Gasteiger charge is -2.17. The molecule has 2 atom stereocenters. The van der Waals surface area contributed by atoms with Crippen LogP contribution in [0, 0.1) is 5.82 Å². The molecule has 1 aromatic carbocycles. The highest BCUT2D eigenvalue weighted by Crippen LogP contribution is 2.22. The summed E-state index contributed by atoms with van der Waals surface area (Å²) >= 11 is 0. The van der Waals surface area contributed by atoms with Crippen LogP contribution in [-0.2, 0) is 9.53 Å². The van der Waals surface area contributed by atoms with Gasteiger partial charge in [0.2, 0.25) is 0 Å². The molecule has 1 N–H and O–H groups in total. The second-order valence-corrected chi connectivity index (χ2v) is 3.28. The summed E-state index contributed by atoms with van der Waals surface area (Å²) in [6, 6.07) is 6.02. The van der Waals surface area contributed by atoms with E-state index in [1.54, 1.807) is 19.1 Å². The molecular formula is C11H13FO3. The van der Waals surface area contributed by atoms with Gasteiger partial charge >= 0.3 is 5.97 Å². The Morgan fingerprint density at radius 3 is 2.60 bits per heavy atom. The average Bonchev–Trinajstić information content (AvgIpc) is 2.26. The van der Waals surface area contributed by atoms with Crippen LogP contribution in [0.5, 0.6) is 0 Å². The molecule has 4 heteroatoms. The molecule has 0 saturated heterocycles. The third kappa shape index (κ3) is 2.53. The third-order valence-electron chi connectivity index (χ3n) is 2.31. The second kappa shape index (κ2) is 4.89. The molecule has 1 aromatic rings. The fraction of sp³-hybridized carbons (Fsp3) is 0.364. The van der Waals surface area contributed by atoms with Gasteiger partial charge in [-0.1, -0.05) is 25.1 Å². The molecule has 3 nitrogen and oxygen atoms in total. The van der Waals surface area contributed by atoms with Crippen molar-refractivity contribution in [3.05, 3.63) is 35.6 Å². The number of methoxy groups -OCH3 is 1. The van der Waals surface area contributed by atoms with Crippen LogP contribution < -0.4 is 0 Å². The predicted octanol–water partition coefficient (Wildman–Crippen LogP) is 1.46. The minimum absolute atomic E-state index is 0.301. The number of ether oxygens (including phenoxy) is 1. The van der Waals surface area contributed by atoms with E-state index in [2.05, 4.69) is 4.74 Å². The standard InChI is InChI=1S/C11H13FO3/c1-7(10(13)11(14)15-2)8-5-3-4-6-9(8)12/h3-7,10,13H,1-2H3. The van der Waals surface area contributed by atoms with Crippen molar-refractivity contribution in [1.82, 2.24) is 0 Å². The fourth-order valence-corrected chi connectivity index (χ4v) is 1.34. The second-order valence-electron chi connectivity index (χ2n) is 3.28. The Labute approximate surface area is 87.5 Å². The van der Waals surface area contributed by atoms with Crippen LogP contribution in [0.15, 0.2) is 24.3 Å². The molecule has 1 rings (SSSR count). The molecular weight excluding hydrogens is 199 g/mol. The van der Waals surface area contributed by atoms with Crippen molar-refractivity contribution in [2.45, 2.75) is 18.9 Å². The summed E-state index contributed by atoms with van der Waals surface area (Å²) in [5.74, 6) is -1.82. The van der Waals surface area contributed by atoms with Gasteiger partial charge in [0.15, 0.2) is 6.10 Å². The average molecular weight is 212 g/mol. The maximum Gasteiger partial charge on any atom is 0.335 e. The van der Waals surface area contributed by atoms with E-state index in [1.807, 2.05) is 0 Å². The van der Waals surface area contributed by atoms with Gasteiger partial charge in [-0.15, -0.1) is 0 Å². The topological polar surface area (TPSA) is 46.5 Å². The van der Waals surface area contributed by atoms with E-state index < -0.39 is 23.8 Å². The van der Waals surface area contributed by atoms with Crippen molar-refractivity contribution in [2.75, 3.05) is 7.11 Å². The van der Waals surface area contributed by atoms with Crippen LogP contribution in [0.4, 0.5) is 4.39 Å². The quantitative estimate of drug-likeness (QED) is 0.771. The van der Waals surface area contributed by atoms with Gasteiger partial charge in [0.05, 0.1) is 7.11 Å². The van der Waals surface area contributed by atoms with E-state index in [-0.39, 0.29) is 0 Å². The first-order valence-corrected chi connectivity index (χ1v) is 4.58. The lowest BCUT2D eigenvalue weighted by molar-refractivity contribution is -0.151. The summed E-state index contributed by atoms with van der Waals surface area (Å²) in [6.45, 7) is 1.57. The Kier molecular flexibility index (Phi) is 3.80. The molecule has 0 radical (unpaired) electrons. The third-order valence-corrected chi connectivity index (χ3v) is 2.31. The number of halogens is 1. The van der Waals surface area contributed by atoms with Gasteiger partial charge in [0, 0.05) is 5.92 Å². The Hall–Kier alpha value is -1.42. The molecule has 0 aliphatic heterocycles. The van der Waals surface area contributed by atoms with E-state index >= 15 is 0 Å². The molecule has 0 aromatic heterocycles. The van der Waals surface area contributed by atoms with Crippen LogP contribution in [0.3, 0.4) is 0 Å². The van der Waals surface area contributed by atoms with E-state index in [1.165, 1.54) is 19.2 Å². The predicted molar refractivity (Wildman–Crippen MR) is 52.8 cm³/mol. The summed E-state index contributed by atoms with van der Waals surface area (Å²) < 4.78 is 17.7. The van der Waals surface area contributed by atoms with Gasteiger partial charge in [0.1, 0.15) is 5.82 Å². The van der Waals surface area contributed by atoms with Crippen LogP contribution >= 0.6 is 0 Å². The van der Waals surface area contributed by atoms with Crippen molar-refractivity contribution in [3.8, 4) is 0 Å². The SMILES string of the molecule is COC(=O)C(O)C(C)c1ccccc1F. The number of benzene rings is 1. The van der Waals surface area contributed by atoms with E-state index in [9.17, 15) is 14.3 Å². The normalized spacial score (nSPS) is 14.4. The zero-order valence-corrected chi connectivity index (χ0v) is 8.61. The number of carbonyl (C=O) groups excluding carboxylic acids is 1. The lowest BCUT2D eigenvalue weighted by Crippen LogP contribution is -2.28. The summed E-state index contributed by atoms with van der Waals surface area (Å²) in [6.07, 6.45) is -1.34. The van der Waals surface area contributed by atoms with Crippen LogP contribution in [0.2, 0.25) is 0 Å². The first kappa shape index (κ1) is 11.7. The number of hydrogen-bond donors (Lipinski definition) is 1. The highest BCUT2D eigenvalue weighted by atomic mass is 19.1. The van der Waals surface area contributed by atoms with E-state index in [0.29, 0.717) is 5.56 Å². The Morgan fingerprint density at radius 2 is 2.07 bits per heavy atom. The minimum Gasteiger partial charge on any atom is -0.467 e. The maximum absolute atomic E-state index is 13.3. The molecule has 82 valence electrons. The molecule has 15 heavy (non-hydrogen) atoms. The number of esters is 1. The molecule has 2 unspecified atom stereocenters. The molecule has 0 amide bonds. The molecule has 0 aliphatic carbocycles. The highest BCUT2D eigenvalue weighted by Gasteiger charge is 2.26. The van der Waals surface area contributed by atoms with Crippen molar-refractivity contribution < 1.29 is 19.0 Å². The Balaban J connectivity index is 2.89. The first-order valence-electron chi connectivity index (χ1n) is 4.58. The van der Waals surface area contributed by atoms with Crippen molar-refractivity contribution >= 4 is 5.97 Å². The molecule has 0 aliphatic rings. The molecule has 0 spiro atoms. The number of carbonyl (C=O) groups is 1. The fourth-order valence-electron chi connectivity index (χ4n) is 1.34. The van der Waals surface area contributed by atoms with Gasteiger partial charge in [0.25, 0.3) is 0 Å². The summed E-state index contributed by atoms with van der Waals surface area (Å²) in [7, 11) is 1.18. The van der Waals surface area contributed by atoms with Gasteiger partial charge in [-0.3, -0.25) is 0 Å². The van der Waals surface area contributed by atoms with Gasteiger partial charge in [-0.2, -0.15) is 0 Å². The maximum atomic E-state index is 13.3. The Bertz CT molecular complexity index is 351. The number of hydrogen-bond acceptors (Lipinski definition) is 3.